The Hall–Kier alpha value is -0.530. The maximum atomic E-state index is 11.3. The number of ether oxygens (including phenoxy) is 1. The molecule has 0 spiro atoms. The molecular weight excluding hydrogens is 188 g/mol. The Kier molecular flexibility index (Phi) is 3.03. The van der Waals surface area contributed by atoms with E-state index in [9.17, 15) is 4.79 Å². The van der Waals surface area contributed by atoms with E-state index < -0.39 is 0 Å². The quantitative estimate of drug-likeness (QED) is 0.669. The van der Waals surface area contributed by atoms with Crippen molar-refractivity contribution in [3.05, 3.63) is 0 Å². The third kappa shape index (κ3) is 2.73. The number of esters is 1. The lowest BCUT2D eigenvalue weighted by atomic mass is 9.89. The molecule has 1 saturated heterocycles. The molecule has 1 heterocycles. The monoisotopic (exact) mass is 210 g/mol. The maximum absolute atomic E-state index is 11.3. The van der Waals surface area contributed by atoms with Gasteiger partial charge < -0.3 is 4.74 Å². The fourth-order valence-corrected chi connectivity index (χ4v) is 3.10. The van der Waals surface area contributed by atoms with Gasteiger partial charge in [0.1, 0.15) is 0 Å². The van der Waals surface area contributed by atoms with E-state index in [1.165, 1.54) is 12.8 Å². The number of rotatable bonds is 3. The molecule has 0 radical (unpaired) electrons. The summed E-state index contributed by atoms with van der Waals surface area (Å²) in [6.45, 7) is 6.59. The van der Waals surface area contributed by atoms with Crippen molar-refractivity contribution in [2.24, 2.45) is 23.7 Å². The first-order chi connectivity index (χ1) is 7.06. The number of hydrogen-bond donors (Lipinski definition) is 0. The molecule has 1 aliphatic carbocycles. The van der Waals surface area contributed by atoms with Crippen LogP contribution in [-0.4, -0.2) is 12.1 Å². The Labute approximate surface area is 92.4 Å². The summed E-state index contributed by atoms with van der Waals surface area (Å²) in [5, 5.41) is 0. The third-order valence-electron chi connectivity index (χ3n) is 3.75. The maximum Gasteiger partial charge on any atom is 0.306 e. The van der Waals surface area contributed by atoms with Crippen LogP contribution in [0.1, 0.15) is 46.5 Å². The highest BCUT2D eigenvalue weighted by Crippen LogP contribution is 2.51. The van der Waals surface area contributed by atoms with Gasteiger partial charge in [-0.2, -0.15) is 0 Å². The van der Waals surface area contributed by atoms with E-state index in [0.29, 0.717) is 12.3 Å². The molecule has 2 heteroatoms. The summed E-state index contributed by atoms with van der Waals surface area (Å²) in [7, 11) is 0. The zero-order valence-corrected chi connectivity index (χ0v) is 10.0. The fraction of sp³-hybridized carbons (Fsp3) is 0.923. The predicted octanol–water partition coefficient (Wildman–Crippen LogP) is 3.01. The topological polar surface area (TPSA) is 26.3 Å². The van der Waals surface area contributed by atoms with Crippen LogP contribution in [0.2, 0.25) is 0 Å². The van der Waals surface area contributed by atoms with Gasteiger partial charge in [0.2, 0.25) is 0 Å². The largest absolute Gasteiger partial charge is 0.463 e. The summed E-state index contributed by atoms with van der Waals surface area (Å²) in [5.74, 6) is 3.16. The van der Waals surface area contributed by atoms with E-state index in [0.717, 1.165) is 24.2 Å². The Morgan fingerprint density at radius 1 is 1.40 bits per heavy atom. The van der Waals surface area contributed by atoms with E-state index >= 15 is 0 Å². The molecule has 4 atom stereocenters. The highest BCUT2D eigenvalue weighted by Gasteiger charge is 2.45. The van der Waals surface area contributed by atoms with Gasteiger partial charge in [-0.15, -0.1) is 0 Å². The van der Waals surface area contributed by atoms with Crippen molar-refractivity contribution >= 4 is 5.97 Å². The van der Waals surface area contributed by atoms with Gasteiger partial charge in [-0.25, -0.2) is 0 Å². The van der Waals surface area contributed by atoms with Gasteiger partial charge in [0.25, 0.3) is 0 Å². The second kappa shape index (κ2) is 4.15. The molecule has 0 aromatic rings. The molecule has 1 aliphatic heterocycles. The minimum atomic E-state index is 0.0222. The lowest BCUT2D eigenvalue weighted by molar-refractivity contribution is -0.156. The summed E-state index contributed by atoms with van der Waals surface area (Å²) in [5.41, 5.74) is 0. The summed E-state index contributed by atoms with van der Waals surface area (Å²) >= 11 is 0. The third-order valence-corrected chi connectivity index (χ3v) is 3.75. The van der Waals surface area contributed by atoms with Crippen molar-refractivity contribution < 1.29 is 9.53 Å². The SMILES string of the molecule is CC(C)CC1CC1C1CC(=O)OC(C)C1. The molecule has 2 rings (SSSR count). The zero-order chi connectivity index (χ0) is 11.0. The molecule has 4 unspecified atom stereocenters. The molecule has 0 bridgehead atoms. The van der Waals surface area contributed by atoms with E-state index in [2.05, 4.69) is 13.8 Å². The summed E-state index contributed by atoms with van der Waals surface area (Å²) in [4.78, 5) is 11.3. The number of cyclic esters (lactones) is 1. The van der Waals surface area contributed by atoms with Crippen LogP contribution >= 0.6 is 0 Å². The normalized spacial score (nSPS) is 40.4. The Balaban J connectivity index is 1.83. The first kappa shape index (κ1) is 11.0. The second-order valence-electron chi connectivity index (χ2n) is 5.79. The van der Waals surface area contributed by atoms with Crippen LogP contribution in [0.3, 0.4) is 0 Å². The van der Waals surface area contributed by atoms with Crippen LogP contribution in [-0.2, 0) is 9.53 Å². The van der Waals surface area contributed by atoms with Crippen molar-refractivity contribution in [1.82, 2.24) is 0 Å². The standard InChI is InChI=1S/C13H22O2/c1-8(2)4-10-6-12(10)11-5-9(3)15-13(14)7-11/h8-12H,4-7H2,1-3H3. The van der Waals surface area contributed by atoms with Gasteiger partial charge in [-0.05, 0) is 49.9 Å². The minimum absolute atomic E-state index is 0.0222. The number of carbonyl (C=O) groups is 1. The Morgan fingerprint density at radius 3 is 2.73 bits per heavy atom. The average Bonchev–Trinajstić information content (AvgIpc) is 2.80. The van der Waals surface area contributed by atoms with E-state index in [-0.39, 0.29) is 12.1 Å². The smallest absolute Gasteiger partial charge is 0.306 e. The van der Waals surface area contributed by atoms with Gasteiger partial charge in [-0.3, -0.25) is 4.79 Å². The molecule has 2 fully saturated rings. The summed E-state index contributed by atoms with van der Waals surface area (Å²) < 4.78 is 5.17. The molecule has 0 aromatic carbocycles. The van der Waals surface area contributed by atoms with Gasteiger partial charge in [0, 0.05) is 6.42 Å². The van der Waals surface area contributed by atoms with Crippen LogP contribution in [0.15, 0.2) is 0 Å². The van der Waals surface area contributed by atoms with Crippen LogP contribution in [0.4, 0.5) is 0 Å². The fourth-order valence-electron chi connectivity index (χ4n) is 3.10. The summed E-state index contributed by atoms with van der Waals surface area (Å²) in [6, 6.07) is 0. The predicted molar refractivity (Wildman–Crippen MR) is 59.3 cm³/mol. The molecule has 15 heavy (non-hydrogen) atoms. The first-order valence-electron chi connectivity index (χ1n) is 6.25. The molecule has 0 N–H and O–H groups in total. The van der Waals surface area contributed by atoms with Gasteiger partial charge in [0.05, 0.1) is 6.10 Å². The Morgan fingerprint density at radius 2 is 2.13 bits per heavy atom. The molecule has 2 aliphatic rings. The molecule has 86 valence electrons. The van der Waals surface area contributed by atoms with E-state index in [1.807, 2.05) is 6.92 Å². The molecule has 1 saturated carbocycles. The lowest BCUT2D eigenvalue weighted by Gasteiger charge is -2.26. The first-order valence-corrected chi connectivity index (χ1v) is 6.25. The minimum Gasteiger partial charge on any atom is -0.463 e. The number of carbonyl (C=O) groups excluding carboxylic acids is 1. The highest BCUT2D eigenvalue weighted by molar-refractivity contribution is 5.70. The molecular formula is C13H22O2. The Bertz CT molecular complexity index is 247. The van der Waals surface area contributed by atoms with Crippen LogP contribution in [0, 0.1) is 23.7 Å². The van der Waals surface area contributed by atoms with Gasteiger partial charge >= 0.3 is 5.97 Å². The van der Waals surface area contributed by atoms with E-state index in [4.69, 9.17) is 4.74 Å². The highest BCUT2D eigenvalue weighted by atomic mass is 16.5. The van der Waals surface area contributed by atoms with Crippen molar-refractivity contribution in [1.29, 1.82) is 0 Å². The van der Waals surface area contributed by atoms with Crippen molar-refractivity contribution in [2.45, 2.75) is 52.6 Å². The zero-order valence-electron chi connectivity index (χ0n) is 10.0. The van der Waals surface area contributed by atoms with Crippen LogP contribution < -0.4 is 0 Å². The van der Waals surface area contributed by atoms with Gasteiger partial charge in [-0.1, -0.05) is 13.8 Å². The van der Waals surface area contributed by atoms with Crippen molar-refractivity contribution in [2.75, 3.05) is 0 Å². The average molecular weight is 210 g/mol. The molecule has 0 aromatic heterocycles. The van der Waals surface area contributed by atoms with Crippen LogP contribution in [0.5, 0.6) is 0 Å². The second-order valence-corrected chi connectivity index (χ2v) is 5.79. The molecule has 0 amide bonds. The van der Waals surface area contributed by atoms with E-state index in [1.54, 1.807) is 0 Å². The van der Waals surface area contributed by atoms with Crippen LogP contribution in [0.25, 0.3) is 0 Å². The summed E-state index contributed by atoms with van der Waals surface area (Å²) in [6.07, 6.45) is 4.60. The number of hydrogen-bond acceptors (Lipinski definition) is 2. The van der Waals surface area contributed by atoms with Crippen molar-refractivity contribution in [3.8, 4) is 0 Å². The molecule has 2 nitrogen and oxygen atoms in total. The lowest BCUT2D eigenvalue weighted by Crippen LogP contribution is -2.28. The van der Waals surface area contributed by atoms with Crippen molar-refractivity contribution in [3.63, 3.8) is 0 Å². The van der Waals surface area contributed by atoms with Gasteiger partial charge in [0.15, 0.2) is 0 Å².